The Morgan fingerprint density at radius 2 is 1.77 bits per heavy atom. The average molecular weight is 427 g/mol. The van der Waals surface area contributed by atoms with Gasteiger partial charge in [0, 0.05) is 11.7 Å². The van der Waals surface area contributed by atoms with Crippen LogP contribution in [0.15, 0.2) is 71.5 Å². The van der Waals surface area contributed by atoms with Crippen LogP contribution >= 0.6 is 0 Å². The van der Waals surface area contributed by atoms with E-state index in [2.05, 4.69) is 4.72 Å². The summed E-state index contributed by atoms with van der Waals surface area (Å²) in [7, 11) is -3.48. The fourth-order valence-corrected chi connectivity index (χ4v) is 5.03. The number of aromatic nitrogens is 1. The van der Waals surface area contributed by atoms with Gasteiger partial charge in [-0.1, -0.05) is 54.6 Å². The number of fused-ring (bicyclic) bond motifs is 1. The third-order valence-corrected chi connectivity index (χ3v) is 6.24. The summed E-state index contributed by atoms with van der Waals surface area (Å²) >= 11 is 0. The van der Waals surface area contributed by atoms with Gasteiger partial charge < -0.3 is 4.57 Å². The molecular formula is C23H23FN2O3S. The molecule has 2 heterocycles. The highest BCUT2D eigenvalue weighted by atomic mass is 32.2. The number of nitrogens with zero attached hydrogens (tertiary/aromatic N) is 1. The van der Waals surface area contributed by atoms with Crippen molar-refractivity contribution < 1.29 is 12.8 Å². The minimum atomic E-state index is -3.48. The molecule has 1 N–H and O–H groups in total. The normalized spacial score (nSPS) is 18.7. The van der Waals surface area contributed by atoms with Gasteiger partial charge in [-0.15, -0.1) is 0 Å². The fourth-order valence-electron chi connectivity index (χ4n) is 4.21. The van der Waals surface area contributed by atoms with E-state index in [1.807, 2.05) is 54.6 Å². The van der Waals surface area contributed by atoms with E-state index in [4.69, 9.17) is 0 Å². The van der Waals surface area contributed by atoms with Crippen molar-refractivity contribution in [3.63, 3.8) is 0 Å². The Morgan fingerprint density at radius 1 is 1.03 bits per heavy atom. The first-order chi connectivity index (χ1) is 14.3. The van der Waals surface area contributed by atoms with Crippen molar-refractivity contribution in [3.8, 4) is 11.1 Å². The molecule has 0 bridgehead atoms. The maximum atomic E-state index is 14.1. The number of hydrogen-bond acceptors (Lipinski definition) is 3. The van der Waals surface area contributed by atoms with Gasteiger partial charge >= 0.3 is 0 Å². The van der Waals surface area contributed by atoms with Crippen molar-refractivity contribution in [1.82, 2.24) is 9.29 Å². The van der Waals surface area contributed by atoms with Crippen molar-refractivity contribution in [1.29, 1.82) is 0 Å². The molecule has 1 aliphatic heterocycles. The van der Waals surface area contributed by atoms with Crippen LogP contribution in [0.2, 0.25) is 0 Å². The van der Waals surface area contributed by atoms with Crippen LogP contribution < -0.4 is 10.3 Å². The van der Waals surface area contributed by atoms with Gasteiger partial charge in [-0.05, 0) is 48.1 Å². The molecule has 0 radical (unpaired) electrons. The molecule has 2 aromatic carbocycles. The van der Waals surface area contributed by atoms with Gasteiger partial charge in [-0.25, -0.2) is 17.5 Å². The van der Waals surface area contributed by atoms with Gasteiger partial charge in [0.2, 0.25) is 10.0 Å². The number of rotatable bonds is 5. The van der Waals surface area contributed by atoms with E-state index in [1.165, 1.54) is 10.6 Å². The van der Waals surface area contributed by atoms with Gasteiger partial charge in [0.1, 0.15) is 0 Å². The van der Waals surface area contributed by atoms with Crippen LogP contribution in [0.4, 0.5) is 4.39 Å². The molecule has 2 atom stereocenters. The van der Waals surface area contributed by atoms with Crippen LogP contribution in [0.3, 0.4) is 0 Å². The molecule has 2 unspecified atom stereocenters. The van der Waals surface area contributed by atoms with E-state index < -0.39 is 33.5 Å². The van der Waals surface area contributed by atoms with Gasteiger partial charge in [-0.3, -0.25) is 4.79 Å². The summed E-state index contributed by atoms with van der Waals surface area (Å²) in [5.74, 6) is -0.832. The standard InChI is InChI=1S/C23H23FN2O3S/c1-30(28,29)25-21-13-11-19-10-12-20(24)23(27)26(19)22(21)15-16-6-5-9-18(14-16)17-7-3-2-4-8-17/h2-10,12,14,21-22,25H,11,13,15H2,1H3. The fraction of sp³-hybridized carbons (Fsp3) is 0.261. The quantitative estimate of drug-likeness (QED) is 0.681. The maximum Gasteiger partial charge on any atom is 0.287 e. The number of benzene rings is 2. The summed E-state index contributed by atoms with van der Waals surface area (Å²) in [4.78, 5) is 12.6. The first kappa shape index (κ1) is 20.5. The molecule has 3 aromatic rings. The zero-order chi connectivity index (χ0) is 21.3. The van der Waals surface area contributed by atoms with E-state index >= 15 is 0 Å². The number of aryl methyl sites for hydroxylation is 1. The van der Waals surface area contributed by atoms with Crippen LogP contribution in [0.5, 0.6) is 0 Å². The van der Waals surface area contributed by atoms with Crippen LogP contribution in [0.1, 0.15) is 23.7 Å². The summed E-state index contributed by atoms with van der Waals surface area (Å²) in [5.41, 5.74) is 3.06. The maximum absolute atomic E-state index is 14.1. The molecule has 1 aliphatic rings. The first-order valence-electron chi connectivity index (χ1n) is 9.83. The average Bonchev–Trinajstić information content (AvgIpc) is 2.72. The molecule has 0 saturated carbocycles. The Kier molecular flexibility index (Phi) is 5.58. The highest BCUT2D eigenvalue weighted by Crippen LogP contribution is 2.29. The Morgan fingerprint density at radius 3 is 2.50 bits per heavy atom. The van der Waals surface area contributed by atoms with Crippen LogP contribution in [-0.2, 0) is 22.9 Å². The molecule has 4 rings (SSSR count). The Hall–Kier alpha value is -2.77. The van der Waals surface area contributed by atoms with Gasteiger partial charge in [0.25, 0.3) is 5.56 Å². The Labute approximate surface area is 175 Å². The minimum absolute atomic E-state index is 0.407. The lowest BCUT2D eigenvalue weighted by Crippen LogP contribution is -2.48. The molecule has 0 fully saturated rings. The van der Waals surface area contributed by atoms with Gasteiger partial charge in [0.15, 0.2) is 5.82 Å². The largest absolute Gasteiger partial charge is 0.305 e. The second-order valence-electron chi connectivity index (χ2n) is 7.72. The van der Waals surface area contributed by atoms with Crippen molar-refractivity contribution in [2.45, 2.75) is 31.3 Å². The first-order valence-corrected chi connectivity index (χ1v) is 11.7. The number of sulfonamides is 1. The topological polar surface area (TPSA) is 68.2 Å². The van der Waals surface area contributed by atoms with Crippen LogP contribution in [-0.4, -0.2) is 25.3 Å². The molecule has 30 heavy (non-hydrogen) atoms. The van der Waals surface area contributed by atoms with Crippen molar-refractivity contribution >= 4 is 10.0 Å². The number of halogens is 1. The van der Waals surface area contributed by atoms with Crippen molar-refractivity contribution in [2.75, 3.05) is 6.26 Å². The lowest BCUT2D eigenvalue weighted by molar-refractivity contribution is 0.310. The summed E-state index contributed by atoms with van der Waals surface area (Å²) in [6.07, 6.45) is 2.55. The lowest BCUT2D eigenvalue weighted by atomic mass is 9.90. The zero-order valence-electron chi connectivity index (χ0n) is 16.6. The second kappa shape index (κ2) is 8.16. The lowest BCUT2D eigenvalue weighted by Gasteiger charge is -2.35. The number of pyridine rings is 1. The third kappa shape index (κ3) is 4.37. The molecule has 0 aliphatic carbocycles. The van der Waals surface area contributed by atoms with E-state index in [1.54, 1.807) is 6.07 Å². The monoisotopic (exact) mass is 426 g/mol. The summed E-state index contributed by atoms with van der Waals surface area (Å²) in [5, 5.41) is 0. The van der Waals surface area contributed by atoms with Crippen LogP contribution in [0, 0.1) is 5.82 Å². The minimum Gasteiger partial charge on any atom is -0.305 e. The van der Waals surface area contributed by atoms with Crippen LogP contribution in [0.25, 0.3) is 11.1 Å². The van der Waals surface area contributed by atoms with E-state index in [0.29, 0.717) is 19.3 Å². The summed E-state index contributed by atoms with van der Waals surface area (Å²) < 4.78 is 42.0. The summed E-state index contributed by atoms with van der Waals surface area (Å²) in [6, 6.07) is 19.6. The Balaban J connectivity index is 1.75. The van der Waals surface area contributed by atoms with Gasteiger partial charge in [0.05, 0.1) is 12.3 Å². The molecular weight excluding hydrogens is 403 g/mol. The predicted molar refractivity (Wildman–Crippen MR) is 115 cm³/mol. The van der Waals surface area contributed by atoms with Gasteiger partial charge in [-0.2, -0.15) is 0 Å². The van der Waals surface area contributed by atoms with E-state index in [9.17, 15) is 17.6 Å². The molecule has 5 nitrogen and oxygen atoms in total. The van der Waals surface area contributed by atoms with Crippen molar-refractivity contribution in [2.24, 2.45) is 0 Å². The van der Waals surface area contributed by atoms with E-state index in [-0.39, 0.29) is 0 Å². The highest BCUT2D eigenvalue weighted by molar-refractivity contribution is 7.88. The Bertz CT molecular complexity index is 1220. The molecule has 1 aromatic heterocycles. The molecule has 7 heteroatoms. The molecule has 0 saturated heterocycles. The number of hydrogen-bond donors (Lipinski definition) is 1. The SMILES string of the molecule is CS(=O)(=O)NC1CCc2ccc(F)c(=O)n2C1Cc1cccc(-c2ccccc2)c1. The smallest absolute Gasteiger partial charge is 0.287 e. The highest BCUT2D eigenvalue weighted by Gasteiger charge is 2.32. The summed E-state index contributed by atoms with van der Waals surface area (Å²) in [6.45, 7) is 0. The third-order valence-electron chi connectivity index (χ3n) is 5.51. The molecule has 156 valence electrons. The van der Waals surface area contributed by atoms with Crippen molar-refractivity contribution in [3.05, 3.63) is 94.2 Å². The molecule has 0 spiro atoms. The second-order valence-corrected chi connectivity index (χ2v) is 9.50. The molecule has 0 amide bonds. The number of nitrogens with one attached hydrogen (secondary N) is 1. The predicted octanol–water partition coefficient (Wildman–Crippen LogP) is 3.30. The zero-order valence-corrected chi connectivity index (χ0v) is 17.4. The van der Waals surface area contributed by atoms with E-state index in [0.717, 1.165) is 28.6 Å².